The van der Waals surface area contributed by atoms with Crippen LogP contribution in [0.15, 0.2) is 47.4 Å². The molecule has 0 aliphatic carbocycles. The van der Waals surface area contributed by atoms with Crippen molar-refractivity contribution < 1.29 is 8.78 Å². The van der Waals surface area contributed by atoms with Gasteiger partial charge in [0.05, 0.1) is 0 Å². The van der Waals surface area contributed by atoms with Gasteiger partial charge in [-0.3, -0.25) is 0 Å². The smallest absolute Gasteiger partial charge is 0.205 e. The van der Waals surface area contributed by atoms with Gasteiger partial charge in [-0.05, 0) is 37.1 Å². The fourth-order valence-corrected chi connectivity index (χ4v) is 2.38. The Morgan fingerprint density at radius 3 is 2.71 bits per heavy atom. The quantitative estimate of drug-likeness (QED) is 0.517. The summed E-state index contributed by atoms with van der Waals surface area (Å²) in [7, 11) is 0. The van der Waals surface area contributed by atoms with E-state index in [2.05, 4.69) is 6.58 Å². The highest BCUT2D eigenvalue weighted by molar-refractivity contribution is 7.99. The maximum Gasteiger partial charge on any atom is 0.263 e. The zero-order valence-corrected chi connectivity index (χ0v) is 10.9. The third-order valence-electron chi connectivity index (χ3n) is 2.15. The second kappa shape index (κ2) is 6.60. The minimum Gasteiger partial charge on any atom is -0.205 e. The van der Waals surface area contributed by atoms with Gasteiger partial charge in [-0.15, -0.1) is 11.8 Å². The van der Waals surface area contributed by atoms with Crippen LogP contribution in [0.3, 0.4) is 0 Å². The molecule has 0 radical (unpaired) electrons. The first-order chi connectivity index (χ1) is 8.02. The molecule has 0 aliphatic heterocycles. The van der Waals surface area contributed by atoms with Crippen molar-refractivity contribution in [3.63, 3.8) is 0 Å². The molecule has 92 valence electrons. The number of alkyl halides is 2. The Hall–Kier alpha value is -1.09. The van der Waals surface area contributed by atoms with E-state index in [-0.39, 0.29) is 5.56 Å². The van der Waals surface area contributed by atoms with Crippen molar-refractivity contribution in [1.82, 2.24) is 0 Å². The lowest BCUT2D eigenvalue weighted by atomic mass is 10.1. The van der Waals surface area contributed by atoms with Crippen molar-refractivity contribution in [2.45, 2.75) is 25.2 Å². The van der Waals surface area contributed by atoms with Crippen LogP contribution in [0.5, 0.6) is 0 Å². The topological polar surface area (TPSA) is 0 Å². The van der Waals surface area contributed by atoms with E-state index in [1.54, 1.807) is 6.07 Å². The molecule has 1 rings (SSSR count). The summed E-state index contributed by atoms with van der Waals surface area (Å²) in [4.78, 5) is 0.867. The van der Waals surface area contributed by atoms with Crippen molar-refractivity contribution in [2.24, 2.45) is 0 Å². The van der Waals surface area contributed by atoms with Gasteiger partial charge < -0.3 is 0 Å². The van der Waals surface area contributed by atoms with Crippen LogP contribution in [0.2, 0.25) is 0 Å². The largest absolute Gasteiger partial charge is 0.263 e. The van der Waals surface area contributed by atoms with Gasteiger partial charge in [0.1, 0.15) is 0 Å². The number of thioether (sulfide) groups is 1. The molecular weight excluding hydrogens is 238 g/mol. The van der Waals surface area contributed by atoms with E-state index in [0.29, 0.717) is 0 Å². The van der Waals surface area contributed by atoms with Gasteiger partial charge in [0.2, 0.25) is 0 Å². The second-order valence-corrected chi connectivity index (χ2v) is 4.88. The highest BCUT2D eigenvalue weighted by Crippen LogP contribution is 2.27. The van der Waals surface area contributed by atoms with Crippen LogP contribution >= 0.6 is 11.8 Å². The summed E-state index contributed by atoms with van der Waals surface area (Å²) in [5, 5.41) is 0. The molecule has 0 bridgehead atoms. The summed E-state index contributed by atoms with van der Waals surface area (Å²) in [6, 6.07) is 4.99. The van der Waals surface area contributed by atoms with Gasteiger partial charge in [0, 0.05) is 16.2 Å². The molecule has 0 atom stereocenters. The Labute approximate surface area is 105 Å². The molecule has 1 aromatic carbocycles. The Kier molecular flexibility index (Phi) is 5.42. The molecule has 17 heavy (non-hydrogen) atoms. The van der Waals surface area contributed by atoms with E-state index in [9.17, 15) is 8.78 Å². The van der Waals surface area contributed by atoms with Gasteiger partial charge in [0.25, 0.3) is 6.43 Å². The zero-order valence-electron chi connectivity index (χ0n) is 10.0. The minimum atomic E-state index is -2.41. The lowest BCUT2D eigenvalue weighted by Gasteiger charge is -2.07. The normalized spacial score (nSPS) is 11.4. The lowest BCUT2D eigenvalue weighted by molar-refractivity contribution is 0.151. The number of halogens is 2. The molecule has 0 nitrogen and oxygen atoms in total. The van der Waals surface area contributed by atoms with Crippen LogP contribution in [0.1, 0.15) is 24.5 Å². The summed E-state index contributed by atoms with van der Waals surface area (Å²) in [6.07, 6.45) is 1.44. The zero-order chi connectivity index (χ0) is 12.8. The fourth-order valence-electron chi connectivity index (χ4n) is 1.45. The highest BCUT2D eigenvalue weighted by atomic mass is 32.2. The van der Waals surface area contributed by atoms with Gasteiger partial charge in [-0.25, -0.2) is 8.78 Å². The monoisotopic (exact) mass is 254 g/mol. The second-order valence-electron chi connectivity index (χ2n) is 3.83. The minimum absolute atomic E-state index is 0.0872. The van der Waals surface area contributed by atoms with Crippen molar-refractivity contribution in [3.05, 3.63) is 53.6 Å². The predicted molar refractivity (Wildman–Crippen MR) is 70.8 cm³/mol. The molecular formula is C14H16F2S. The molecule has 0 fully saturated rings. The first-order valence-corrected chi connectivity index (χ1v) is 6.34. The van der Waals surface area contributed by atoms with Crippen molar-refractivity contribution >= 4 is 11.8 Å². The summed E-state index contributed by atoms with van der Waals surface area (Å²) in [6.45, 7) is 7.64. The number of allylic oxidation sites excluding steroid dienone is 2. The van der Waals surface area contributed by atoms with E-state index in [1.807, 2.05) is 32.1 Å². The van der Waals surface area contributed by atoms with Crippen molar-refractivity contribution in [3.8, 4) is 0 Å². The Morgan fingerprint density at radius 1 is 1.41 bits per heavy atom. The molecule has 0 spiro atoms. The lowest BCUT2D eigenvalue weighted by Crippen LogP contribution is -1.88. The molecule has 0 aromatic heterocycles. The van der Waals surface area contributed by atoms with E-state index in [0.717, 1.165) is 21.8 Å². The van der Waals surface area contributed by atoms with Crippen LogP contribution in [-0.2, 0) is 0 Å². The maximum atomic E-state index is 12.6. The van der Waals surface area contributed by atoms with E-state index >= 15 is 0 Å². The molecule has 0 saturated carbocycles. The van der Waals surface area contributed by atoms with E-state index < -0.39 is 6.43 Å². The van der Waals surface area contributed by atoms with Crippen molar-refractivity contribution in [2.75, 3.05) is 5.75 Å². The Balaban J connectivity index is 2.74. The molecule has 0 aliphatic rings. The van der Waals surface area contributed by atoms with Crippen LogP contribution in [0.25, 0.3) is 0 Å². The van der Waals surface area contributed by atoms with Gasteiger partial charge in [0.15, 0.2) is 0 Å². The van der Waals surface area contributed by atoms with E-state index in [4.69, 9.17) is 0 Å². The molecule has 0 N–H and O–H groups in total. The molecule has 0 unspecified atom stereocenters. The van der Waals surface area contributed by atoms with Crippen molar-refractivity contribution in [1.29, 1.82) is 0 Å². The maximum absolute atomic E-state index is 12.6. The van der Waals surface area contributed by atoms with E-state index in [1.165, 1.54) is 17.8 Å². The Morgan fingerprint density at radius 2 is 2.12 bits per heavy atom. The molecule has 0 amide bonds. The van der Waals surface area contributed by atoms with Crippen LogP contribution in [-0.4, -0.2) is 5.75 Å². The van der Waals surface area contributed by atoms with Crippen LogP contribution in [0.4, 0.5) is 8.78 Å². The summed E-state index contributed by atoms with van der Waals surface area (Å²) >= 11 is 1.53. The third-order valence-corrected chi connectivity index (χ3v) is 3.24. The number of benzene rings is 1. The Bertz CT molecular complexity index is 422. The standard InChI is InChI=1S/C14H16F2S/c1-4-5-10(2)9-17-13-7-11(3)6-12(8-13)14(15)16/h4-8,14H,2,9H2,1,3H3. The van der Waals surface area contributed by atoms with Crippen LogP contribution in [0, 0.1) is 6.92 Å². The number of hydrogen-bond acceptors (Lipinski definition) is 1. The number of rotatable bonds is 5. The molecule has 3 heteroatoms. The fraction of sp³-hybridized carbons (Fsp3) is 0.286. The van der Waals surface area contributed by atoms with Crippen LogP contribution < -0.4 is 0 Å². The first kappa shape index (κ1) is 14.0. The number of hydrogen-bond donors (Lipinski definition) is 0. The SMILES string of the molecule is C=C(C=CC)CSc1cc(C)cc(C(F)F)c1. The molecule has 1 aromatic rings. The summed E-state index contributed by atoms with van der Waals surface area (Å²) < 4.78 is 25.2. The summed E-state index contributed by atoms with van der Waals surface area (Å²) in [5.41, 5.74) is 1.93. The first-order valence-electron chi connectivity index (χ1n) is 5.36. The summed E-state index contributed by atoms with van der Waals surface area (Å²) in [5.74, 6) is 0.719. The average molecular weight is 254 g/mol. The highest BCUT2D eigenvalue weighted by Gasteiger charge is 2.08. The average Bonchev–Trinajstić information content (AvgIpc) is 2.26. The predicted octanol–water partition coefficient (Wildman–Crippen LogP) is 5.16. The van der Waals surface area contributed by atoms with Gasteiger partial charge >= 0.3 is 0 Å². The number of aryl methyl sites for hydroxylation is 1. The molecule has 0 saturated heterocycles. The van der Waals surface area contributed by atoms with Gasteiger partial charge in [-0.2, -0.15) is 0 Å². The third kappa shape index (κ3) is 4.73. The van der Waals surface area contributed by atoms with Gasteiger partial charge in [-0.1, -0.05) is 24.8 Å². The molecule has 0 heterocycles.